The number of carbonyl (C=O) groups is 1. The van der Waals surface area contributed by atoms with Crippen molar-refractivity contribution in [2.75, 3.05) is 17.7 Å². The van der Waals surface area contributed by atoms with Crippen LogP contribution in [0.1, 0.15) is 10.4 Å². The first kappa shape index (κ1) is 21.4. The van der Waals surface area contributed by atoms with E-state index in [1.165, 1.54) is 0 Å². The predicted molar refractivity (Wildman–Crippen MR) is 131 cm³/mol. The molecule has 32 heavy (non-hydrogen) atoms. The van der Waals surface area contributed by atoms with Gasteiger partial charge in [0.05, 0.1) is 11.4 Å². The topological polar surface area (TPSA) is 81.4 Å². The summed E-state index contributed by atoms with van der Waals surface area (Å²) in [5, 5.41) is 3.51. The van der Waals surface area contributed by atoms with E-state index in [9.17, 15) is 9.36 Å². The van der Waals surface area contributed by atoms with Crippen LogP contribution in [0, 0.1) is 0 Å². The number of nitrogens with two attached hydrogens (primary N) is 1. The molecule has 3 N–H and O–H groups in total. The molecule has 0 aliphatic heterocycles. The molecule has 1 unspecified atom stereocenters. The Bertz CT molecular complexity index is 1270. The highest BCUT2D eigenvalue weighted by molar-refractivity contribution is 7.66. The Labute approximate surface area is 187 Å². The summed E-state index contributed by atoms with van der Waals surface area (Å²) >= 11 is 0. The largest absolute Gasteiger partial charge is 0.440 e. The molecule has 0 aromatic heterocycles. The molecule has 0 radical (unpaired) electrons. The summed E-state index contributed by atoms with van der Waals surface area (Å²) < 4.78 is 18.6. The molecule has 160 valence electrons. The van der Waals surface area contributed by atoms with E-state index in [1.54, 1.807) is 49.1 Å². The van der Waals surface area contributed by atoms with Crippen LogP contribution in [-0.2, 0) is 4.57 Å². The van der Waals surface area contributed by atoms with E-state index in [0.29, 0.717) is 28.0 Å². The lowest BCUT2D eigenvalue weighted by Crippen LogP contribution is -2.13. The molecular weight excluding hydrogens is 419 g/mol. The summed E-state index contributed by atoms with van der Waals surface area (Å²) in [4.78, 5) is 12.8. The van der Waals surface area contributed by atoms with Crippen LogP contribution in [0.3, 0.4) is 0 Å². The maximum absolute atomic E-state index is 12.9. The zero-order chi connectivity index (χ0) is 22.6. The van der Waals surface area contributed by atoms with E-state index in [1.807, 2.05) is 60.7 Å². The van der Waals surface area contributed by atoms with Gasteiger partial charge in [0.25, 0.3) is 13.3 Å². The SMILES string of the molecule is CP(=O)(Oc1ccc(C(=O)Nc2cc(-c3ccccc3)ccc2N)cc1)c1ccccc1. The Morgan fingerprint density at radius 2 is 1.44 bits per heavy atom. The molecule has 0 bridgehead atoms. The number of benzene rings is 4. The Balaban J connectivity index is 1.48. The predicted octanol–water partition coefficient (Wildman–Crippen LogP) is 5.80. The van der Waals surface area contributed by atoms with Crippen LogP contribution in [0.25, 0.3) is 11.1 Å². The molecule has 0 fully saturated rings. The van der Waals surface area contributed by atoms with Crippen LogP contribution in [0.4, 0.5) is 11.4 Å². The normalized spacial score (nSPS) is 12.5. The maximum Gasteiger partial charge on any atom is 0.274 e. The van der Waals surface area contributed by atoms with Gasteiger partial charge in [0, 0.05) is 17.5 Å². The van der Waals surface area contributed by atoms with Crippen molar-refractivity contribution in [3.63, 3.8) is 0 Å². The van der Waals surface area contributed by atoms with E-state index < -0.39 is 7.37 Å². The van der Waals surface area contributed by atoms with Crippen molar-refractivity contribution in [2.24, 2.45) is 0 Å². The number of nitrogen functional groups attached to an aromatic ring is 1. The molecule has 4 aromatic carbocycles. The minimum Gasteiger partial charge on any atom is -0.440 e. The second-order valence-electron chi connectivity index (χ2n) is 7.42. The van der Waals surface area contributed by atoms with Crippen molar-refractivity contribution in [2.45, 2.75) is 0 Å². The number of rotatable bonds is 6. The number of nitrogens with one attached hydrogen (secondary N) is 1. The molecule has 0 saturated heterocycles. The molecule has 1 amide bonds. The second kappa shape index (κ2) is 9.13. The van der Waals surface area contributed by atoms with Crippen molar-refractivity contribution in [1.82, 2.24) is 0 Å². The number of carbonyl (C=O) groups excluding carboxylic acids is 1. The minimum atomic E-state index is -3.02. The van der Waals surface area contributed by atoms with Gasteiger partial charge in [0.2, 0.25) is 0 Å². The first-order chi connectivity index (χ1) is 15.4. The number of hydrogen-bond donors (Lipinski definition) is 2. The molecule has 4 rings (SSSR count). The summed E-state index contributed by atoms with van der Waals surface area (Å²) in [6.07, 6.45) is 0. The second-order valence-corrected chi connectivity index (χ2v) is 9.81. The van der Waals surface area contributed by atoms with Crippen LogP contribution in [-0.4, -0.2) is 12.6 Å². The fraction of sp³-hybridized carbons (Fsp3) is 0.0385. The van der Waals surface area contributed by atoms with E-state index in [2.05, 4.69) is 5.32 Å². The van der Waals surface area contributed by atoms with Gasteiger partial charge in [-0.05, 0) is 59.7 Å². The van der Waals surface area contributed by atoms with Crippen molar-refractivity contribution < 1.29 is 13.9 Å². The highest BCUT2D eigenvalue weighted by Crippen LogP contribution is 2.42. The molecule has 0 heterocycles. The van der Waals surface area contributed by atoms with Gasteiger partial charge >= 0.3 is 0 Å². The third kappa shape index (κ3) is 4.90. The van der Waals surface area contributed by atoms with Crippen LogP contribution >= 0.6 is 7.37 Å². The van der Waals surface area contributed by atoms with Crippen LogP contribution in [0.2, 0.25) is 0 Å². The van der Waals surface area contributed by atoms with Gasteiger partial charge in [-0.1, -0.05) is 54.6 Å². The van der Waals surface area contributed by atoms with Crippen molar-refractivity contribution in [3.05, 3.63) is 109 Å². The fourth-order valence-electron chi connectivity index (χ4n) is 3.29. The van der Waals surface area contributed by atoms with Crippen LogP contribution < -0.4 is 20.9 Å². The van der Waals surface area contributed by atoms with E-state index in [0.717, 1.165) is 11.1 Å². The molecule has 5 nitrogen and oxygen atoms in total. The van der Waals surface area contributed by atoms with Crippen LogP contribution in [0.5, 0.6) is 5.75 Å². The lowest BCUT2D eigenvalue weighted by atomic mass is 10.0. The van der Waals surface area contributed by atoms with Crippen molar-refractivity contribution in [1.29, 1.82) is 0 Å². The minimum absolute atomic E-state index is 0.295. The zero-order valence-electron chi connectivity index (χ0n) is 17.6. The lowest BCUT2D eigenvalue weighted by molar-refractivity contribution is 0.102. The van der Waals surface area contributed by atoms with Gasteiger partial charge < -0.3 is 15.6 Å². The molecule has 0 saturated carbocycles. The Hall–Kier alpha value is -3.82. The number of anilines is 2. The number of amides is 1. The first-order valence-electron chi connectivity index (χ1n) is 10.1. The third-order valence-corrected chi connectivity index (χ3v) is 6.83. The summed E-state index contributed by atoms with van der Waals surface area (Å²) in [5.41, 5.74) is 9.53. The highest BCUT2D eigenvalue weighted by Gasteiger charge is 2.20. The molecular formula is C26H23N2O3P. The van der Waals surface area contributed by atoms with E-state index >= 15 is 0 Å². The average molecular weight is 442 g/mol. The highest BCUT2D eigenvalue weighted by atomic mass is 31.2. The third-order valence-electron chi connectivity index (χ3n) is 5.03. The summed E-state index contributed by atoms with van der Waals surface area (Å²) in [6, 6.07) is 31.0. The maximum atomic E-state index is 12.9. The van der Waals surface area contributed by atoms with Gasteiger partial charge in [0.15, 0.2) is 0 Å². The molecule has 0 aliphatic carbocycles. The first-order valence-corrected chi connectivity index (χ1v) is 12.2. The number of hydrogen-bond acceptors (Lipinski definition) is 4. The molecule has 0 aliphatic rings. The van der Waals surface area contributed by atoms with Crippen LogP contribution in [0.15, 0.2) is 103 Å². The molecule has 0 spiro atoms. The Kier molecular flexibility index (Phi) is 6.11. The molecule has 4 aromatic rings. The van der Waals surface area contributed by atoms with Gasteiger partial charge in [-0.15, -0.1) is 0 Å². The summed E-state index contributed by atoms with van der Waals surface area (Å²) in [5.74, 6) is 0.137. The smallest absolute Gasteiger partial charge is 0.274 e. The average Bonchev–Trinajstić information content (AvgIpc) is 2.82. The lowest BCUT2D eigenvalue weighted by Gasteiger charge is -2.16. The van der Waals surface area contributed by atoms with Crippen molar-refractivity contribution >= 4 is 30.0 Å². The van der Waals surface area contributed by atoms with Gasteiger partial charge in [-0.2, -0.15) is 0 Å². The fourth-order valence-corrected chi connectivity index (χ4v) is 4.63. The Morgan fingerprint density at radius 1 is 0.812 bits per heavy atom. The van der Waals surface area contributed by atoms with E-state index in [4.69, 9.17) is 10.3 Å². The Morgan fingerprint density at radius 3 is 2.09 bits per heavy atom. The van der Waals surface area contributed by atoms with Gasteiger partial charge in [-0.3, -0.25) is 9.36 Å². The molecule has 6 heteroatoms. The summed E-state index contributed by atoms with van der Waals surface area (Å²) in [6.45, 7) is 1.57. The summed E-state index contributed by atoms with van der Waals surface area (Å²) in [7, 11) is -3.02. The quantitative estimate of drug-likeness (QED) is 0.292. The van der Waals surface area contributed by atoms with Crippen molar-refractivity contribution in [3.8, 4) is 16.9 Å². The standard InChI is InChI=1S/C26H23N2O3P/c1-32(30,23-10-6-3-7-11-23)31-22-15-12-20(13-16-22)26(29)28-25-18-21(14-17-24(25)27)19-8-4-2-5-9-19/h2-18H,27H2,1H3,(H,28,29). The zero-order valence-corrected chi connectivity index (χ0v) is 18.5. The molecule has 1 atom stereocenters. The monoisotopic (exact) mass is 442 g/mol. The van der Waals surface area contributed by atoms with Gasteiger partial charge in [0.1, 0.15) is 5.75 Å². The van der Waals surface area contributed by atoms with Gasteiger partial charge in [-0.25, -0.2) is 0 Å². The van der Waals surface area contributed by atoms with E-state index in [-0.39, 0.29) is 5.91 Å².